The summed E-state index contributed by atoms with van der Waals surface area (Å²) >= 11 is 0. The summed E-state index contributed by atoms with van der Waals surface area (Å²) in [5, 5.41) is 4.94. The van der Waals surface area contributed by atoms with E-state index in [4.69, 9.17) is 0 Å². The van der Waals surface area contributed by atoms with Crippen molar-refractivity contribution >= 4 is 21.6 Å². The van der Waals surface area contributed by atoms with Gasteiger partial charge in [-0.25, -0.2) is 18.2 Å². The average molecular weight is 344 g/mol. The third-order valence-corrected chi connectivity index (χ3v) is 4.25. The molecule has 2 rings (SSSR count). The monoisotopic (exact) mass is 344 g/mol. The van der Waals surface area contributed by atoms with E-state index in [0.717, 1.165) is 12.1 Å². The lowest BCUT2D eigenvalue weighted by Gasteiger charge is -2.09. The minimum absolute atomic E-state index is 0.104. The number of carbonyl (C=O) groups is 1. The van der Waals surface area contributed by atoms with Gasteiger partial charge >= 0.3 is 11.8 Å². The number of halogens is 2. The quantitative estimate of drug-likeness (QED) is 0.834. The van der Waals surface area contributed by atoms with Gasteiger partial charge in [-0.3, -0.25) is 0 Å². The maximum Gasteiger partial charge on any atom is 0.341 e. The van der Waals surface area contributed by atoms with E-state index in [2.05, 4.69) is 15.6 Å². The Hall–Kier alpha value is -2.49. The molecule has 0 bridgehead atoms. The fraction of sp³-hybridized carbons (Fsp3) is 0.231. The van der Waals surface area contributed by atoms with Crippen LogP contribution in [-0.4, -0.2) is 36.3 Å². The lowest BCUT2D eigenvalue weighted by molar-refractivity contribution is 0.235. The number of imidazole rings is 1. The van der Waals surface area contributed by atoms with E-state index in [9.17, 15) is 22.0 Å². The van der Waals surface area contributed by atoms with Crippen LogP contribution in [0.2, 0.25) is 0 Å². The number of benzene rings is 1. The third kappa shape index (κ3) is 4.49. The standard InChI is InChI=1S/C13H14F2N4O3S/c14-12(15)23(21,22)11-3-1-2-10(8-11)18-13(20)17-5-7-19-6-4-16-9-19/h1-4,6,8-9,12H,5,7H2,(H2,17,18,20). The number of hydrogen-bond acceptors (Lipinski definition) is 4. The fourth-order valence-electron chi connectivity index (χ4n) is 1.75. The van der Waals surface area contributed by atoms with E-state index in [1.807, 2.05) is 0 Å². The van der Waals surface area contributed by atoms with Crippen LogP contribution < -0.4 is 10.6 Å². The van der Waals surface area contributed by atoms with Crippen LogP contribution in [0.3, 0.4) is 0 Å². The molecule has 0 saturated carbocycles. The van der Waals surface area contributed by atoms with E-state index in [0.29, 0.717) is 13.1 Å². The van der Waals surface area contributed by atoms with Crippen LogP contribution in [0.25, 0.3) is 0 Å². The normalized spacial score (nSPS) is 11.4. The van der Waals surface area contributed by atoms with Gasteiger partial charge in [0.1, 0.15) is 0 Å². The molecule has 0 unspecified atom stereocenters. The number of anilines is 1. The molecule has 7 nitrogen and oxygen atoms in total. The molecule has 0 fully saturated rings. The van der Waals surface area contributed by atoms with E-state index >= 15 is 0 Å². The average Bonchev–Trinajstić information content (AvgIpc) is 3.00. The zero-order valence-electron chi connectivity index (χ0n) is 11.8. The van der Waals surface area contributed by atoms with Gasteiger partial charge in [-0.05, 0) is 18.2 Å². The molecule has 2 aromatic rings. The highest BCUT2D eigenvalue weighted by molar-refractivity contribution is 7.91. The zero-order valence-corrected chi connectivity index (χ0v) is 12.6. The van der Waals surface area contributed by atoms with Crippen molar-refractivity contribution < 1.29 is 22.0 Å². The van der Waals surface area contributed by atoms with Crippen molar-refractivity contribution in [1.82, 2.24) is 14.9 Å². The van der Waals surface area contributed by atoms with Gasteiger partial charge in [0.15, 0.2) is 0 Å². The molecule has 10 heteroatoms. The third-order valence-electron chi connectivity index (χ3n) is 2.87. The molecule has 0 radical (unpaired) electrons. The highest BCUT2D eigenvalue weighted by atomic mass is 32.2. The van der Waals surface area contributed by atoms with Crippen molar-refractivity contribution in [1.29, 1.82) is 0 Å². The number of hydrogen-bond donors (Lipinski definition) is 2. The molecule has 0 aliphatic rings. The Bertz CT molecular complexity index is 763. The number of aromatic nitrogens is 2. The summed E-state index contributed by atoms with van der Waals surface area (Å²) in [5.41, 5.74) is 0.104. The molecule has 0 aliphatic heterocycles. The fourth-order valence-corrected chi connectivity index (χ4v) is 2.51. The zero-order chi connectivity index (χ0) is 16.9. The van der Waals surface area contributed by atoms with Gasteiger partial charge in [-0.15, -0.1) is 0 Å². The lowest BCUT2D eigenvalue weighted by atomic mass is 10.3. The maximum atomic E-state index is 12.5. The molecule has 0 aliphatic carbocycles. The number of nitrogens with one attached hydrogen (secondary N) is 2. The van der Waals surface area contributed by atoms with Crippen LogP contribution in [0.15, 0.2) is 47.9 Å². The van der Waals surface area contributed by atoms with E-state index < -0.39 is 26.5 Å². The van der Waals surface area contributed by atoms with Crippen LogP contribution in [0.5, 0.6) is 0 Å². The topological polar surface area (TPSA) is 93.1 Å². The predicted molar refractivity (Wildman–Crippen MR) is 78.9 cm³/mol. The SMILES string of the molecule is O=C(NCCn1ccnc1)Nc1cccc(S(=O)(=O)C(F)F)c1. The number of amides is 2. The second-order valence-electron chi connectivity index (χ2n) is 4.51. The second kappa shape index (κ2) is 7.18. The van der Waals surface area contributed by atoms with Crippen molar-refractivity contribution in [3.63, 3.8) is 0 Å². The molecule has 0 atom stereocenters. The van der Waals surface area contributed by atoms with Crippen molar-refractivity contribution in [3.8, 4) is 0 Å². The summed E-state index contributed by atoms with van der Waals surface area (Å²) < 4.78 is 49.5. The first-order valence-corrected chi connectivity index (χ1v) is 8.07. The van der Waals surface area contributed by atoms with Gasteiger partial charge in [0.05, 0.1) is 11.2 Å². The van der Waals surface area contributed by atoms with Gasteiger partial charge in [0.2, 0.25) is 9.84 Å². The van der Waals surface area contributed by atoms with Crippen LogP contribution in [-0.2, 0) is 16.4 Å². The van der Waals surface area contributed by atoms with Gasteiger partial charge in [-0.2, -0.15) is 8.78 Å². The summed E-state index contributed by atoms with van der Waals surface area (Å²) in [7, 11) is -4.70. The predicted octanol–water partition coefficient (Wildman–Crippen LogP) is 1.70. The summed E-state index contributed by atoms with van der Waals surface area (Å²) in [5.74, 6) is -3.51. The minimum Gasteiger partial charge on any atom is -0.336 e. The van der Waals surface area contributed by atoms with E-state index in [1.54, 1.807) is 23.3 Å². The number of urea groups is 1. The van der Waals surface area contributed by atoms with E-state index in [1.165, 1.54) is 12.1 Å². The Balaban J connectivity index is 1.93. The molecule has 1 aromatic carbocycles. The molecule has 2 N–H and O–H groups in total. The molecular formula is C13H14F2N4O3S. The van der Waals surface area contributed by atoms with Crippen molar-refractivity contribution in [2.45, 2.75) is 17.2 Å². The number of carbonyl (C=O) groups excluding carboxylic acids is 1. The van der Waals surface area contributed by atoms with Gasteiger partial charge < -0.3 is 15.2 Å². The first-order chi connectivity index (χ1) is 10.9. The van der Waals surface area contributed by atoms with Crippen LogP contribution in [0, 0.1) is 0 Å². The molecule has 0 spiro atoms. The molecular weight excluding hydrogens is 330 g/mol. The maximum absolute atomic E-state index is 12.5. The molecule has 1 heterocycles. The van der Waals surface area contributed by atoms with Crippen molar-refractivity contribution in [2.24, 2.45) is 0 Å². The van der Waals surface area contributed by atoms with Crippen LogP contribution in [0.4, 0.5) is 19.3 Å². The van der Waals surface area contributed by atoms with Crippen molar-refractivity contribution in [2.75, 3.05) is 11.9 Å². The summed E-state index contributed by atoms with van der Waals surface area (Å²) in [6, 6.07) is 4.13. The Morgan fingerprint density at radius 2 is 2.13 bits per heavy atom. The van der Waals surface area contributed by atoms with Gasteiger partial charge in [0.25, 0.3) is 0 Å². The van der Waals surface area contributed by atoms with Crippen LogP contribution >= 0.6 is 0 Å². The molecule has 124 valence electrons. The Kier molecular flexibility index (Phi) is 5.27. The van der Waals surface area contributed by atoms with Crippen LogP contribution in [0.1, 0.15) is 0 Å². The highest BCUT2D eigenvalue weighted by Crippen LogP contribution is 2.21. The number of alkyl halides is 2. The lowest BCUT2D eigenvalue weighted by Crippen LogP contribution is -2.31. The first kappa shape index (κ1) is 16.9. The van der Waals surface area contributed by atoms with Gasteiger partial charge in [-0.1, -0.05) is 6.07 Å². The first-order valence-electron chi connectivity index (χ1n) is 6.52. The Morgan fingerprint density at radius 3 is 2.78 bits per heavy atom. The summed E-state index contributed by atoms with van der Waals surface area (Å²) in [4.78, 5) is 15.0. The van der Waals surface area contributed by atoms with Gasteiger partial charge in [0, 0.05) is 31.2 Å². The summed E-state index contributed by atoms with van der Waals surface area (Å²) in [6.07, 6.45) is 4.94. The smallest absolute Gasteiger partial charge is 0.336 e. The number of sulfone groups is 1. The molecule has 23 heavy (non-hydrogen) atoms. The molecule has 2 amide bonds. The molecule has 1 aromatic heterocycles. The second-order valence-corrected chi connectivity index (χ2v) is 6.43. The Labute approximate surface area is 131 Å². The largest absolute Gasteiger partial charge is 0.341 e. The summed E-state index contributed by atoms with van der Waals surface area (Å²) in [6.45, 7) is 0.824. The minimum atomic E-state index is -4.70. The number of nitrogens with zero attached hydrogens (tertiary/aromatic N) is 2. The van der Waals surface area contributed by atoms with E-state index in [-0.39, 0.29) is 5.69 Å². The highest BCUT2D eigenvalue weighted by Gasteiger charge is 2.26. The van der Waals surface area contributed by atoms with Crippen molar-refractivity contribution in [3.05, 3.63) is 43.0 Å². The molecule has 0 saturated heterocycles. The Morgan fingerprint density at radius 1 is 1.35 bits per heavy atom. The number of rotatable bonds is 6.